The van der Waals surface area contributed by atoms with Gasteiger partial charge in [-0.1, -0.05) is 12.1 Å². The fraction of sp³-hybridized carbons (Fsp3) is 0.529. The van der Waals surface area contributed by atoms with Gasteiger partial charge in [0.2, 0.25) is 5.91 Å². The number of alkyl halides is 2. The molecule has 1 aromatic rings. The average molecular weight is 376 g/mol. The SMILES string of the molecule is CCN(CC)C(=O)c1ccc(CNC(=O)C2CC(F)(F)CN2)cc1.Cl. The molecule has 0 aromatic heterocycles. The van der Waals surface area contributed by atoms with Crippen LogP contribution in [0.15, 0.2) is 24.3 Å². The number of halogens is 3. The van der Waals surface area contributed by atoms with Crippen molar-refractivity contribution in [3.63, 3.8) is 0 Å². The molecule has 1 heterocycles. The number of hydrogen-bond donors (Lipinski definition) is 2. The Balaban J connectivity index is 0.00000312. The largest absolute Gasteiger partial charge is 0.351 e. The molecule has 2 rings (SSSR count). The normalized spacial score (nSPS) is 18.3. The zero-order valence-corrected chi connectivity index (χ0v) is 15.2. The molecule has 0 saturated carbocycles. The van der Waals surface area contributed by atoms with Crippen molar-refractivity contribution < 1.29 is 18.4 Å². The highest BCUT2D eigenvalue weighted by Gasteiger charge is 2.42. The molecular weight excluding hydrogens is 352 g/mol. The summed E-state index contributed by atoms with van der Waals surface area (Å²) in [4.78, 5) is 25.8. The molecule has 2 N–H and O–H groups in total. The molecule has 0 spiro atoms. The van der Waals surface area contributed by atoms with Crippen LogP contribution >= 0.6 is 12.4 Å². The first-order valence-corrected chi connectivity index (χ1v) is 8.13. The van der Waals surface area contributed by atoms with Crippen LogP contribution in [0.1, 0.15) is 36.2 Å². The Hall–Kier alpha value is -1.73. The third kappa shape index (κ3) is 5.64. The number of carbonyl (C=O) groups is 2. The molecular formula is C17H24ClF2N3O2. The highest BCUT2D eigenvalue weighted by Crippen LogP contribution is 2.25. The maximum absolute atomic E-state index is 13.1. The summed E-state index contributed by atoms with van der Waals surface area (Å²) in [5.41, 5.74) is 1.40. The van der Waals surface area contributed by atoms with Gasteiger partial charge >= 0.3 is 0 Å². The van der Waals surface area contributed by atoms with E-state index < -0.39 is 30.8 Å². The summed E-state index contributed by atoms with van der Waals surface area (Å²) >= 11 is 0. The van der Waals surface area contributed by atoms with E-state index in [0.717, 1.165) is 5.56 Å². The molecule has 25 heavy (non-hydrogen) atoms. The van der Waals surface area contributed by atoms with Crippen LogP contribution in [-0.2, 0) is 11.3 Å². The summed E-state index contributed by atoms with van der Waals surface area (Å²) < 4.78 is 26.2. The van der Waals surface area contributed by atoms with Gasteiger partial charge in [0.15, 0.2) is 0 Å². The van der Waals surface area contributed by atoms with E-state index >= 15 is 0 Å². The average Bonchev–Trinajstić information content (AvgIpc) is 2.94. The molecule has 1 aromatic carbocycles. The van der Waals surface area contributed by atoms with Gasteiger partial charge in [-0.2, -0.15) is 0 Å². The van der Waals surface area contributed by atoms with Crippen LogP contribution in [0.4, 0.5) is 8.78 Å². The van der Waals surface area contributed by atoms with Gasteiger partial charge in [-0.15, -0.1) is 12.4 Å². The van der Waals surface area contributed by atoms with E-state index in [1.807, 2.05) is 13.8 Å². The van der Waals surface area contributed by atoms with Gasteiger partial charge in [-0.3, -0.25) is 14.9 Å². The summed E-state index contributed by atoms with van der Waals surface area (Å²) in [6.07, 6.45) is -0.476. The third-order valence-corrected chi connectivity index (χ3v) is 4.14. The lowest BCUT2D eigenvalue weighted by Gasteiger charge is -2.18. The third-order valence-electron chi connectivity index (χ3n) is 4.14. The zero-order chi connectivity index (χ0) is 17.7. The molecule has 5 nitrogen and oxygen atoms in total. The fourth-order valence-corrected chi connectivity index (χ4v) is 2.67. The van der Waals surface area contributed by atoms with Gasteiger partial charge in [0, 0.05) is 31.6 Å². The lowest BCUT2D eigenvalue weighted by Crippen LogP contribution is -2.40. The van der Waals surface area contributed by atoms with Crippen LogP contribution in [-0.4, -0.2) is 48.3 Å². The van der Waals surface area contributed by atoms with Gasteiger partial charge in [-0.25, -0.2) is 8.78 Å². The van der Waals surface area contributed by atoms with Gasteiger partial charge < -0.3 is 10.2 Å². The molecule has 1 saturated heterocycles. The summed E-state index contributed by atoms with van der Waals surface area (Å²) in [6, 6.07) is 6.08. The smallest absolute Gasteiger partial charge is 0.262 e. The van der Waals surface area contributed by atoms with Crippen LogP contribution in [0.3, 0.4) is 0 Å². The van der Waals surface area contributed by atoms with E-state index in [2.05, 4.69) is 10.6 Å². The van der Waals surface area contributed by atoms with Crippen molar-refractivity contribution in [2.24, 2.45) is 0 Å². The number of hydrogen-bond acceptors (Lipinski definition) is 3. The first-order valence-electron chi connectivity index (χ1n) is 8.13. The van der Waals surface area contributed by atoms with E-state index in [4.69, 9.17) is 0 Å². The second-order valence-electron chi connectivity index (χ2n) is 5.89. The standard InChI is InChI=1S/C17H23F2N3O2.ClH/c1-3-22(4-2)16(24)13-7-5-12(6-8-13)10-20-15(23)14-9-17(18,19)11-21-14;/h5-8,14,21H,3-4,9-11H2,1-2H3,(H,20,23);1H. The molecule has 1 aliphatic heterocycles. The molecule has 8 heteroatoms. The number of nitrogens with zero attached hydrogens (tertiary/aromatic N) is 1. The molecule has 2 amide bonds. The topological polar surface area (TPSA) is 61.4 Å². The lowest BCUT2D eigenvalue weighted by molar-refractivity contribution is -0.123. The molecule has 0 bridgehead atoms. The number of carbonyl (C=O) groups excluding carboxylic acids is 2. The van der Waals surface area contributed by atoms with E-state index in [0.29, 0.717) is 18.7 Å². The summed E-state index contributed by atoms with van der Waals surface area (Å²) in [5.74, 6) is -3.29. The second-order valence-corrected chi connectivity index (χ2v) is 5.89. The van der Waals surface area contributed by atoms with E-state index in [9.17, 15) is 18.4 Å². The second kappa shape index (κ2) is 9.10. The highest BCUT2D eigenvalue weighted by molar-refractivity contribution is 5.94. The molecule has 1 unspecified atom stereocenters. The quantitative estimate of drug-likeness (QED) is 0.801. The Kier molecular flexibility index (Phi) is 7.76. The van der Waals surface area contributed by atoms with Crippen molar-refractivity contribution in [1.82, 2.24) is 15.5 Å². The van der Waals surface area contributed by atoms with Crippen LogP contribution in [0.5, 0.6) is 0 Å². The van der Waals surface area contributed by atoms with Crippen LogP contribution in [0, 0.1) is 0 Å². The van der Waals surface area contributed by atoms with Crippen LogP contribution in [0.2, 0.25) is 0 Å². The summed E-state index contributed by atoms with van der Waals surface area (Å²) in [7, 11) is 0. The monoisotopic (exact) mass is 375 g/mol. The first-order chi connectivity index (χ1) is 11.4. The molecule has 1 aliphatic rings. The Morgan fingerprint density at radius 1 is 1.24 bits per heavy atom. The molecule has 0 aliphatic carbocycles. The van der Waals surface area contributed by atoms with Crippen molar-refractivity contribution in [2.75, 3.05) is 19.6 Å². The van der Waals surface area contributed by atoms with Gasteiger partial charge in [-0.05, 0) is 31.5 Å². The molecule has 140 valence electrons. The molecule has 0 radical (unpaired) electrons. The summed E-state index contributed by atoms with van der Waals surface area (Å²) in [6.45, 7) is 4.91. The maximum Gasteiger partial charge on any atom is 0.262 e. The minimum atomic E-state index is -2.82. The van der Waals surface area contributed by atoms with Crippen molar-refractivity contribution >= 4 is 24.2 Å². The zero-order valence-electron chi connectivity index (χ0n) is 14.4. The van der Waals surface area contributed by atoms with Crippen molar-refractivity contribution in [3.05, 3.63) is 35.4 Å². The van der Waals surface area contributed by atoms with Crippen molar-refractivity contribution in [3.8, 4) is 0 Å². The Morgan fingerprint density at radius 2 is 1.84 bits per heavy atom. The van der Waals surface area contributed by atoms with Gasteiger partial charge in [0.1, 0.15) is 0 Å². The first kappa shape index (κ1) is 21.3. The predicted octanol–water partition coefficient (Wildman–Crippen LogP) is 2.20. The highest BCUT2D eigenvalue weighted by atomic mass is 35.5. The van der Waals surface area contributed by atoms with Crippen molar-refractivity contribution in [2.45, 2.75) is 38.8 Å². The van der Waals surface area contributed by atoms with E-state index in [1.54, 1.807) is 29.2 Å². The minimum absolute atomic E-state index is 0. The van der Waals surface area contributed by atoms with Gasteiger partial charge in [0.25, 0.3) is 11.8 Å². The van der Waals surface area contributed by atoms with E-state index in [-0.39, 0.29) is 24.9 Å². The molecule has 1 atom stereocenters. The summed E-state index contributed by atoms with van der Waals surface area (Å²) in [5, 5.41) is 5.16. The van der Waals surface area contributed by atoms with Crippen LogP contribution in [0.25, 0.3) is 0 Å². The fourth-order valence-electron chi connectivity index (χ4n) is 2.67. The number of benzene rings is 1. The van der Waals surface area contributed by atoms with Crippen LogP contribution < -0.4 is 10.6 Å². The van der Waals surface area contributed by atoms with Crippen molar-refractivity contribution in [1.29, 1.82) is 0 Å². The Morgan fingerprint density at radius 3 is 2.32 bits per heavy atom. The minimum Gasteiger partial charge on any atom is -0.351 e. The molecule has 1 fully saturated rings. The Labute approximate surface area is 152 Å². The predicted molar refractivity (Wildman–Crippen MR) is 94.1 cm³/mol. The number of nitrogens with one attached hydrogen (secondary N) is 2. The lowest BCUT2D eigenvalue weighted by atomic mass is 10.1. The number of amides is 2. The number of rotatable bonds is 6. The van der Waals surface area contributed by atoms with Gasteiger partial charge in [0.05, 0.1) is 12.6 Å². The van der Waals surface area contributed by atoms with E-state index in [1.165, 1.54) is 0 Å². The maximum atomic E-state index is 13.1. The Bertz CT molecular complexity index is 592.